The van der Waals surface area contributed by atoms with Crippen LogP contribution < -0.4 is 0 Å². The Morgan fingerprint density at radius 2 is 2.00 bits per heavy atom. The summed E-state index contributed by atoms with van der Waals surface area (Å²) in [6.45, 7) is 2.12. The second-order valence-electron chi connectivity index (χ2n) is 5.61. The molecule has 1 aliphatic heterocycles. The molecular formula is C16H27NS. The lowest BCUT2D eigenvalue weighted by Crippen LogP contribution is -2.17. The van der Waals surface area contributed by atoms with Crippen LogP contribution in [0.3, 0.4) is 0 Å². The Labute approximate surface area is 114 Å². The second kappa shape index (κ2) is 6.12. The van der Waals surface area contributed by atoms with E-state index in [4.69, 9.17) is 0 Å². The lowest BCUT2D eigenvalue weighted by Gasteiger charge is -2.38. The molecule has 18 heavy (non-hydrogen) atoms. The van der Waals surface area contributed by atoms with Crippen molar-refractivity contribution in [2.45, 2.75) is 39.0 Å². The van der Waals surface area contributed by atoms with E-state index in [0.29, 0.717) is 0 Å². The van der Waals surface area contributed by atoms with E-state index in [1.165, 1.54) is 37.9 Å². The van der Waals surface area contributed by atoms with Gasteiger partial charge < -0.3 is 0 Å². The average molecular weight is 265 g/mol. The molecule has 102 valence electrons. The van der Waals surface area contributed by atoms with Gasteiger partial charge in [0.05, 0.1) is 0 Å². The standard InChI is InChI=1S/C16H27NS/c1-4-5-12-18(17(2)3)13-11-16(14-18)15-9-7-6-8-10-15/h4-5,11,13-15H,6-10,12H2,1-3H3. The first-order valence-electron chi connectivity index (χ1n) is 7.17. The number of hydrogen-bond acceptors (Lipinski definition) is 1. The Kier molecular flexibility index (Phi) is 4.74. The molecule has 2 heteroatoms. The van der Waals surface area contributed by atoms with Crippen molar-refractivity contribution in [3.8, 4) is 0 Å². The van der Waals surface area contributed by atoms with Crippen molar-refractivity contribution in [2.24, 2.45) is 5.92 Å². The molecular weight excluding hydrogens is 238 g/mol. The molecule has 0 spiro atoms. The van der Waals surface area contributed by atoms with Crippen molar-refractivity contribution in [3.63, 3.8) is 0 Å². The van der Waals surface area contributed by atoms with Gasteiger partial charge in [-0.1, -0.05) is 37.5 Å². The quantitative estimate of drug-likeness (QED) is 0.658. The zero-order valence-electron chi connectivity index (χ0n) is 12.1. The molecule has 0 radical (unpaired) electrons. The minimum absolute atomic E-state index is 0.835. The Hall–Kier alpha value is -0.470. The fraction of sp³-hybridized carbons (Fsp3) is 0.625. The van der Waals surface area contributed by atoms with Gasteiger partial charge in [-0.2, -0.15) is 0 Å². The van der Waals surface area contributed by atoms with E-state index < -0.39 is 10.2 Å². The van der Waals surface area contributed by atoms with Crippen LogP contribution in [0.5, 0.6) is 0 Å². The van der Waals surface area contributed by atoms with Gasteiger partial charge in [0.15, 0.2) is 0 Å². The maximum atomic E-state index is 2.60. The predicted octanol–water partition coefficient (Wildman–Crippen LogP) is 4.84. The van der Waals surface area contributed by atoms with E-state index in [-0.39, 0.29) is 0 Å². The van der Waals surface area contributed by atoms with Crippen molar-refractivity contribution < 1.29 is 0 Å². The highest BCUT2D eigenvalue weighted by atomic mass is 32.3. The molecule has 2 rings (SSSR count). The van der Waals surface area contributed by atoms with Crippen molar-refractivity contribution in [2.75, 3.05) is 19.8 Å². The fourth-order valence-electron chi connectivity index (χ4n) is 2.91. The predicted molar refractivity (Wildman–Crippen MR) is 84.8 cm³/mol. The summed E-state index contributed by atoms with van der Waals surface area (Å²) in [6, 6.07) is 0. The molecule has 0 aromatic rings. The minimum Gasteiger partial charge on any atom is -0.267 e. The number of nitrogens with zero attached hydrogens (tertiary/aromatic N) is 1. The van der Waals surface area contributed by atoms with Crippen LogP contribution in [0.1, 0.15) is 39.0 Å². The maximum absolute atomic E-state index is 2.60. The Morgan fingerprint density at radius 3 is 2.61 bits per heavy atom. The Bertz CT molecular complexity index is 361. The molecule has 1 fully saturated rings. The molecule has 1 saturated carbocycles. The van der Waals surface area contributed by atoms with Crippen LogP contribution in [-0.4, -0.2) is 24.2 Å². The van der Waals surface area contributed by atoms with E-state index in [2.05, 4.69) is 54.4 Å². The first-order chi connectivity index (χ1) is 8.68. The Morgan fingerprint density at radius 1 is 1.28 bits per heavy atom. The van der Waals surface area contributed by atoms with E-state index in [0.717, 1.165) is 5.92 Å². The van der Waals surface area contributed by atoms with Gasteiger partial charge in [-0.25, -0.2) is 0 Å². The third-order valence-corrected chi connectivity index (χ3v) is 7.57. The first kappa shape index (κ1) is 14.0. The third kappa shape index (κ3) is 2.92. The summed E-state index contributed by atoms with van der Waals surface area (Å²) < 4.78 is 2.43. The summed E-state index contributed by atoms with van der Waals surface area (Å²) >= 11 is 0. The Balaban J connectivity index is 2.14. The summed E-state index contributed by atoms with van der Waals surface area (Å²) in [5, 5.41) is 5.08. The average Bonchev–Trinajstić information content (AvgIpc) is 2.83. The van der Waals surface area contributed by atoms with Crippen molar-refractivity contribution in [3.05, 3.63) is 34.6 Å². The van der Waals surface area contributed by atoms with E-state index in [1.807, 2.05) is 0 Å². The number of allylic oxidation sites excluding steroid dienone is 3. The molecule has 1 nitrogen and oxygen atoms in total. The molecule has 0 bridgehead atoms. The highest BCUT2D eigenvalue weighted by molar-refractivity contribution is 8.36. The summed E-state index contributed by atoms with van der Waals surface area (Å²) in [5.41, 5.74) is 1.63. The van der Waals surface area contributed by atoms with Crippen LogP contribution in [0, 0.1) is 5.92 Å². The largest absolute Gasteiger partial charge is 0.267 e. The normalized spacial score (nSPS) is 33.0. The zero-order chi connectivity index (χ0) is 13.0. The molecule has 1 heterocycles. The van der Waals surface area contributed by atoms with Gasteiger partial charge in [0.1, 0.15) is 0 Å². The minimum atomic E-state index is -0.835. The highest BCUT2D eigenvalue weighted by Crippen LogP contribution is 2.58. The molecule has 1 atom stereocenters. The van der Waals surface area contributed by atoms with E-state index in [9.17, 15) is 0 Å². The molecule has 2 aliphatic rings. The van der Waals surface area contributed by atoms with Crippen LogP contribution in [0.4, 0.5) is 0 Å². The second-order valence-corrected chi connectivity index (χ2v) is 8.80. The van der Waals surface area contributed by atoms with Crippen LogP contribution in [-0.2, 0) is 0 Å². The third-order valence-electron chi connectivity index (χ3n) is 4.19. The molecule has 0 saturated heterocycles. The van der Waals surface area contributed by atoms with Gasteiger partial charge in [0, 0.05) is 5.75 Å². The maximum Gasteiger partial charge on any atom is 0.0144 e. The highest BCUT2D eigenvalue weighted by Gasteiger charge is 2.27. The van der Waals surface area contributed by atoms with Crippen LogP contribution in [0.25, 0.3) is 0 Å². The van der Waals surface area contributed by atoms with E-state index in [1.54, 1.807) is 5.57 Å². The lowest BCUT2D eigenvalue weighted by atomic mass is 9.84. The number of hydrogen-bond donors (Lipinski definition) is 0. The summed E-state index contributed by atoms with van der Waals surface area (Å²) in [4.78, 5) is 0. The lowest BCUT2D eigenvalue weighted by molar-refractivity contribution is 0.409. The van der Waals surface area contributed by atoms with Crippen LogP contribution >= 0.6 is 10.2 Å². The fourth-order valence-corrected chi connectivity index (χ4v) is 5.58. The van der Waals surface area contributed by atoms with Gasteiger partial charge in [0.25, 0.3) is 0 Å². The zero-order valence-corrected chi connectivity index (χ0v) is 12.9. The van der Waals surface area contributed by atoms with Crippen molar-refractivity contribution in [1.82, 2.24) is 4.31 Å². The molecule has 1 unspecified atom stereocenters. The van der Waals surface area contributed by atoms with Crippen molar-refractivity contribution in [1.29, 1.82) is 0 Å². The molecule has 0 aromatic carbocycles. The SMILES string of the molecule is CC=CCS1(N(C)C)C=CC(C2CCCCC2)=C1. The van der Waals surface area contributed by atoms with Gasteiger partial charge >= 0.3 is 0 Å². The van der Waals surface area contributed by atoms with Crippen LogP contribution in [0.2, 0.25) is 0 Å². The monoisotopic (exact) mass is 265 g/mol. The summed E-state index contributed by atoms with van der Waals surface area (Å²) in [5.74, 6) is 2.01. The van der Waals surface area contributed by atoms with Gasteiger partial charge in [-0.05, 0) is 56.2 Å². The topological polar surface area (TPSA) is 3.24 Å². The number of rotatable bonds is 4. The smallest absolute Gasteiger partial charge is 0.0144 e. The van der Waals surface area contributed by atoms with Gasteiger partial charge in [-0.15, -0.1) is 10.2 Å². The summed E-state index contributed by atoms with van der Waals surface area (Å²) in [7, 11) is 3.62. The molecule has 1 aliphatic carbocycles. The van der Waals surface area contributed by atoms with Crippen molar-refractivity contribution >= 4 is 10.2 Å². The van der Waals surface area contributed by atoms with Crippen LogP contribution in [0.15, 0.2) is 34.6 Å². The molecule has 0 aromatic heterocycles. The first-order valence-corrected chi connectivity index (χ1v) is 9.06. The summed E-state index contributed by atoms with van der Waals surface area (Å²) in [6.07, 6.45) is 14.0. The molecule has 0 N–H and O–H groups in total. The van der Waals surface area contributed by atoms with Gasteiger partial charge in [-0.3, -0.25) is 4.31 Å². The van der Waals surface area contributed by atoms with Gasteiger partial charge in [0.2, 0.25) is 0 Å². The molecule has 0 amide bonds. The van der Waals surface area contributed by atoms with E-state index >= 15 is 0 Å².